The van der Waals surface area contributed by atoms with Gasteiger partial charge in [-0.25, -0.2) is 9.51 Å². The monoisotopic (exact) mass is 336 g/mol. The fourth-order valence-corrected chi connectivity index (χ4v) is 3.06. The van der Waals surface area contributed by atoms with Crippen LogP contribution in [0.3, 0.4) is 0 Å². The van der Waals surface area contributed by atoms with Crippen LogP contribution in [0.15, 0.2) is 53.3 Å². The zero-order valence-electron chi connectivity index (χ0n) is 14.1. The molecule has 1 aliphatic heterocycles. The van der Waals surface area contributed by atoms with Crippen LogP contribution in [0, 0.1) is 0 Å². The van der Waals surface area contributed by atoms with Gasteiger partial charge in [-0.15, -0.1) is 5.10 Å². The summed E-state index contributed by atoms with van der Waals surface area (Å²) in [6.45, 7) is 3.72. The standard InChI is InChI=1S/C18H20N6O/c1-22-8-10-23(11-9-22)18-17(15-4-2-3-7-24(15)21-18)20-14-6-5-13(19)12-16(14)25/h2-7,12H,8-11,19H2,1H3. The number of pyridine rings is 1. The zero-order chi connectivity index (χ0) is 17.4. The number of carbonyl (C=O) groups excluding carboxylic acids is 1. The van der Waals surface area contributed by atoms with Crippen molar-refractivity contribution in [3.63, 3.8) is 0 Å². The number of aromatic nitrogens is 2. The number of rotatable bonds is 2. The van der Waals surface area contributed by atoms with E-state index in [-0.39, 0.29) is 5.78 Å². The van der Waals surface area contributed by atoms with Crippen LogP contribution >= 0.6 is 0 Å². The minimum absolute atomic E-state index is 0.181. The predicted octanol–water partition coefficient (Wildman–Crippen LogP) is 1.14. The number of nitrogens with zero attached hydrogens (tertiary/aromatic N) is 5. The quantitative estimate of drug-likeness (QED) is 0.832. The summed E-state index contributed by atoms with van der Waals surface area (Å²) >= 11 is 0. The maximum atomic E-state index is 12.2. The summed E-state index contributed by atoms with van der Waals surface area (Å²) in [5.74, 6) is 0.634. The summed E-state index contributed by atoms with van der Waals surface area (Å²) in [7, 11) is 2.12. The summed E-state index contributed by atoms with van der Waals surface area (Å²) in [6, 6.07) is 5.85. The summed E-state index contributed by atoms with van der Waals surface area (Å²) in [4.78, 5) is 21.4. The van der Waals surface area contributed by atoms with Gasteiger partial charge in [-0.05, 0) is 31.3 Å². The molecule has 2 aromatic heterocycles. The number of piperazine rings is 1. The van der Waals surface area contributed by atoms with E-state index in [1.54, 1.807) is 12.2 Å². The molecule has 1 aliphatic carbocycles. The molecule has 2 aliphatic rings. The van der Waals surface area contributed by atoms with Gasteiger partial charge in [0.15, 0.2) is 5.82 Å². The van der Waals surface area contributed by atoms with Gasteiger partial charge in [0.25, 0.3) is 0 Å². The summed E-state index contributed by atoms with van der Waals surface area (Å²) < 4.78 is 1.81. The lowest BCUT2D eigenvalue weighted by molar-refractivity contribution is -0.108. The van der Waals surface area contributed by atoms with Crippen molar-refractivity contribution in [3.05, 3.63) is 48.3 Å². The van der Waals surface area contributed by atoms with Crippen molar-refractivity contribution in [1.29, 1.82) is 0 Å². The molecule has 0 aromatic carbocycles. The lowest BCUT2D eigenvalue weighted by atomic mass is 10.1. The van der Waals surface area contributed by atoms with Gasteiger partial charge in [-0.2, -0.15) is 0 Å². The first-order valence-electron chi connectivity index (χ1n) is 8.31. The average molecular weight is 336 g/mol. The number of nitrogens with two attached hydrogens (primary N) is 1. The molecule has 1 fully saturated rings. The fraction of sp³-hybridized carbons (Fsp3) is 0.278. The third-order valence-electron chi connectivity index (χ3n) is 4.52. The van der Waals surface area contributed by atoms with Crippen molar-refractivity contribution < 1.29 is 4.79 Å². The second-order valence-corrected chi connectivity index (χ2v) is 6.33. The molecule has 0 amide bonds. The van der Waals surface area contributed by atoms with Crippen LogP contribution in [0.1, 0.15) is 0 Å². The lowest BCUT2D eigenvalue weighted by Crippen LogP contribution is -2.44. The largest absolute Gasteiger partial charge is 0.399 e. The van der Waals surface area contributed by atoms with Crippen LogP contribution in [0.4, 0.5) is 11.5 Å². The van der Waals surface area contributed by atoms with Gasteiger partial charge in [0, 0.05) is 44.1 Å². The Morgan fingerprint density at radius 1 is 1.16 bits per heavy atom. The van der Waals surface area contributed by atoms with E-state index in [4.69, 9.17) is 10.8 Å². The third-order valence-corrected chi connectivity index (χ3v) is 4.52. The minimum atomic E-state index is -0.181. The summed E-state index contributed by atoms with van der Waals surface area (Å²) in [5.41, 5.74) is 8.12. The molecule has 0 radical (unpaired) electrons. The van der Waals surface area contributed by atoms with Crippen LogP contribution in [0.2, 0.25) is 0 Å². The van der Waals surface area contributed by atoms with E-state index < -0.39 is 0 Å². The van der Waals surface area contributed by atoms with Crippen molar-refractivity contribution in [3.8, 4) is 0 Å². The molecule has 3 heterocycles. The number of carbonyl (C=O) groups is 1. The van der Waals surface area contributed by atoms with Gasteiger partial charge in [-0.1, -0.05) is 6.07 Å². The molecule has 25 heavy (non-hydrogen) atoms. The highest BCUT2D eigenvalue weighted by atomic mass is 16.1. The first-order chi connectivity index (χ1) is 12.1. The molecule has 2 N–H and O–H groups in total. The summed E-state index contributed by atoms with van der Waals surface area (Å²) in [6.07, 6.45) is 6.66. The number of fused-ring (bicyclic) bond motifs is 1. The van der Waals surface area contributed by atoms with Crippen molar-refractivity contribution in [2.45, 2.75) is 0 Å². The van der Waals surface area contributed by atoms with Crippen LogP contribution < -0.4 is 10.6 Å². The zero-order valence-corrected chi connectivity index (χ0v) is 14.1. The molecule has 7 heteroatoms. The van der Waals surface area contributed by atoms with Gasteiger partial charge in [-0.3, -0.25) is 4.79 Å². The first-order valence-corrected chi connectivity index (χ1v) is 8.31. The Morgan fingerprint density at radius 2 is 1.96 bits per heavy atom. The topological polar surface area (TPSA) is 79.2 Å². The number of hydrogen-bond acceptors (Lipinski definition) is 6. The smallest absolute Gasteiger partial charge is 0.206 e. The van der Waals surface area contributed by atoms with Crippen LogP contribution in [0.5, 0.6) is 0 Å². The lowest BCUT2D eigenvalue weighted by Gasteiger charge is -2.32. The number of aliphatic imine (C=N–C) groups is 1. The van der Waals surface area contributed by atoms with Gasteiger partial charge in [0.2, 0.25) is 5.78 Å². The minimum Gasteiger partial charge on any atom is -0.399 e. The van der Waals surface area contributed by atoms with Gasteiger partial charge in [0.1, 0.15) is 11.4 Å². The Bertz CT molecular complexity index is 915. The Kier molecular flexibility index (Phi) is 3.85. The van der Waals surface area contributed by atoms with Crippen molar-refractivity contribution in [2.75, 3.05) is 38.1 Å². The highest BCUT2D eigenvalue weighted by Gasteiger charge is 2.23. The van der Waals surface area contributed by atoms with Crippen LogP contribution in [0.25, 0.3) is 5.52 Å². The van der Waals surface area contributed by atoms with E-state index in [9.17, 15) is 4.79 Å². The Hall–Kier alpha value is -2.93. The Balaban J connectivity index is 1.80. The predicted molar refractivity (Wildman–Crippen MR) is 98.4 cm³/mol. The first kappa shape index (κ1) is 15.6. The molecule has 4 rings (SSSR count). The highest BCUT2D eigenvalue weighted by Crippen LogP contribution is 2.33. The molecule has 0 atom stereocenters. The second-order valence-electron chi connectivity index (χ2n) is 6.33. The number of anilines is 1. The van der Waals surface area contributed by atoms with E-state index in [1.807, 2.05) is 28.9 Å². The highest BCUT2D eigenvalue weighted by molar-refractivity contribution is 6.49. The number of ketones is 1. The SMILES string of the molecule is CN1CCN(c2nn3ccccc3c2N=C2C=CC(N)=CC2=O)CC1. The van der Waals surface area contributed by atoms with Crippen LogP contribution in [-0.2, 0) is 4.79 Å². The van der Waals surface area contributed by atoms with Crippen molar-refractivity contribution in [1.82, 2.24) is 14.5 Å². The summed E-state index contributed by atoms with van der Waals surface area (Å²) in [5, 5.41) is 4.71. The molecule has 7 nitrogen and oxygen atoms in total. The van der Waals surface area contributed by atoms with E-state index in [1.165, 1.54) is 6.08 Å². The molecule has 128 valence electrons. The molecule has 0 bridgehead atoms. The Morgan fingerprint density at radius 3 is 2.72 bits per heavy atom. The van der Waals surface area contributed by atoms with Crippen molar-refractivity contribution in [2.24, 2.45) is 10.7 Å². The molecule has 0 unspecified atom stereocenters. The van der Waals surface area contributed by atoms with E-state index >= 15 is 0 Å². The number of likely N-dealkylation sites (N-methyl/N-ethyl adjacent to an activating group) is 1. The number of allylic oxidation sites excluding steroid dienone is 3. The van der Waals surface area contributed by atoms with Gasteiger partial charge < -0.3 is 15.5 Å². The maximum absolute atomic E-state index is 12.2. The van der Waals surface area contributed by atoms with E-state index in [2.05, 4.69) is 21.8 Å². The van der Waals surface area contributed by atoms with Gasteiger partial charge >= 0.3 is 0 Å². The number of hydrogen-bond donors (Lipinski definition) is 1. The average Bonchev–Trinajstić information content (AvgIpc) is 2.97. The van der Waals surface area contributed by atoms with E-state index in [0.29, 0.717) is 11.4 Å². The normalized spacial score (nSPS) is 20.5. The van der Waals surface area contributed by atoms with Gasteiger partial charge in [0.05, 0.1) is 5.52 Å². The van der Waals surface area contributed by atoms with E-state index in [0.717, 1.165) is 43.2 Å². The fourth-order valence-electron chi connectivity index (χ4n) is 3.06. The molecule has 0 spiro atoms. The van der Waals surface area contributed by atoms with Crippen molar-refractivity contribution >= 4 is 28.5 Å². The van der Waals surface area contributed by atoms with Crippen LogP contribution in [-0.4, -0.2) is 59.2 Å². The molecule has 2 aromatic rings. The third kappa shape index (κ3) is 2.94. The second kappa shape index (κ2) is 6.18. The molecular formula is C18H20N6O. The molecule has 1 saturated heterocycles. The molecular weight excluding hydrogens is 316 g/mol. The molecule has 0 saturated carbocycles. The maximum Gasteiger partial charge on any atom is 0.206 e. The Labute approximate surface area is 145 Å².